The molecule has 1 amide bonds. The van der Waals surface area contributed by atoms with Gasteiger partial charge in [-0.15, -0.1) is 11.3 Å². The van der Waals surface area contributed by atoms with Crippen LogP contribution in [0.1, 0.15) is 33.0 Å². The molecule has 9 heteroatoms. The van der Waals surface area contributed by atoms with Gasteiger partial charge in [-0.2, -0.15) is 15.5 Å². The number of nitrogens with zero attached hydrogens (tertiary/aromatic N) is 5. The van der Waals surface area contributed by atoms with Crippen LogP contribution in [-0.2, 0) is 13.1 Å². The van der Waals surface area contributed by atoms with E-state index >= 15 is 0 Å². The van der Waals surface area contributed by atoms with Crippen LogP contribution in [0.3, 0.4) is 0 Å². The van der Waals surface area contributed by atoms with E-state index in [9.17, 15) is 4.79 Å². The zero-order valence-electron chi connectivity index (χ0n) is 16.5. The number of benzene rings is 1. The number of thiophene rings is 1. The van der Waals surface area contributed by atoms with E-state index in [0.717, 1.165) is 27.2 Å². The zero-order valence-corrected chi connectivity index (χ0v) is 18.1. The van der Waals surface area contributed by atoms with Crippen LogP contribution >= 0.6 is 22.9 Å². The van der Waals surface area contributed by atoms with E-state index in [1.54, 1.807) is 10.7 Å². The van der Waals surface area contributed by atoms with Crippen molar-refractivity contribution in [1.82, 2.24) is 19.6 Å². The standard InChI is InChI=1S/C21H19ClN6OS/c1-13-10-19(27(25-13)9-5-8-23)24-20(29)18-11-16-14(2)26-28(21(16)30-18)12-15-6-3-4-7-17(15)22/h3-4,6-7,10-11H,5,9,12H2,1-2H3,(H,24,29). The Morgan fingerprint density at radius 2 is 2.03 bits per heavy atom. The van der Waals surface area contributed by atoms with Crippen molar-refractivity contribution in [2.24, 2.45) is 0 Å². The number of hydrogen-bond donors (Lipinski definition) is 1. The Balaban J connectivity index is 1.61. The van der Waals surface area contributed by atoms with Gasteiger partial charge in [-0.1, -0.05) is 29.8 Å². The third-order valence-corrected chi connectivity index (χ3v) is 6.20. The Bertz CT molecular complexity index is 1280. The van der Waals surface area contributed by atoms with E-state index in [1.165, 1.54) is 11.3 Å². The topological polar surface area (TPSA) is 88.5 Å². The third-order valence-electron chi connectivity index (χ3n) is 4.69. The van der Waals surface area contributed by atoms with Gasteiger partial charge in [-0.3, -0.25) is 9.48 Å². The number of fused-ring (bicyclic) bond motifs is 1. The Hall–Kier alpha value is -3.15. The molecule has 1 N–H and O–H groups in total. The average molecular weight is 439 g/mol. The summed E-state index contributed by atoms with van der Waals surface area (Å²) in [6, 6.07) is 13.4. The van der Waals surface area contributed by atoms with Crippen molar-refractivity contribution in [3.63, 3.8) is 0 Å². The maximum absolute atomic E-state index is 12.9. The molecular formula is C21H19ClN6OS. The van der Waals surface area contributed by atoms with Crippen LogP contribution in [0.25, 0.3) is 10.2 Å². The molecule has 7 nitrogen and oxygen atoms in total. The lowest BCUT2D eigenvalue weighted by Crippen LogP contribution is -2.14. The van der Waals surface area contributed by atoms with Gasteiger partial charge in [0.15, 0.2) is 0 Å². The summed E-state index contributed by atoms with van der Waals surface area (Å²) in [6.07, 6.45) is 0.323. The minimum absolute atomic E-state index is 0.210. The summed E-state index contributed by atoms with van der Waals surface area (Å²) < 4.78 is 3.53. The molecule has 0 saturated carbocycles. The predicted molar refractivity (Wildman–Crippen MR) is 118 cm³/mol. The first-order chi connectivity index (χ1) is 14.5. The monoisotopic (exact) mass is 438 g/mol. The first kappa shape index (κ1) is 20.1. The van der Waals surface area contributed by atoms with Gasteiger partial charge in [0.05, 0.1) is 41.8 Å². The molecule has 3 heterocycles. The fourth-order valence-corrected chi connectivity index (χ4v) is 4.52. The number of halogens is 1. The molecule has 0 atom stereocenters. The van der Waals surface area contributed by atoms with Gasteiger partial charge < -0.3 is 5.32 Å². The Morgan fingerprint density at radius 3 is 2.80 bits per heavy atom. The molecule has 0 unspecified atom stereocenters. The van der Waals surface area contributed by atoms with Gasteiger partial charge in [-0.25, -0.2) is 4.68 Å². The quantitative estimate of drug-likeness (QED) is 0.469. The van der Waals surface area contributed by atoms with Crippen molar-refractivity contribution in [2.45, 2.75) is 33.4 Å². The molecule has 30 heavy (non-hydrogen) atoms. The van der Waals surface area contributed by atoms with Crippen molar-refractivity contribution >= 4 is 44.9 Å². The van der Waals surface area contributed by atoms with Crippen molar-refractivity contribution in [3.05, 3.63) is 63.2 Å². The van der Waals surface area contributed by atoms with Crippen molar-refractivity contribution < 1.29 is 4.79 Å². The number of aryl methyl sites for hydroxylation is 3. The van der Waals surface area contributed by atoms with Crippen LogP contribution in [-0.4, -0.2) is 25.5 Å². The minimum Gasteiger partial charge on any atom is -0.306 e. The van der Waals surface area contributed by atoms with Gasteiger partial charge >= 0.3 is 0 Å². The fourth-order valence-electron chi connectivity index (χ4n) is 3.27. The summed E-state index contributed by atoms with van der Waals surface area (Å²) in [6.45, 7) is 4.74. The SMILES string of the molecule is Cc1cc(NC(=O)c2cc3c(C)nn(Cc4ccccc4Cl)c3s2)n(CCC#N)n1. The lowest BCUT2D eigenvalue weighted by molar-refractivity contribution is 0.102. The molecule has 4 rings (SSSR count). The molecule has 4 aromatic rings. The number of hydrogen-bond acceptors (Lipinski definition) is 5. The highest BCUT2D eigenvalue weighted by Crippen LogP contribution is 2.30. The largest absolute Gasteiger partial charge is 0.306 e. The number of carbonyl (C=O) groups excluding carboxylic acids is 1. The Morgan fingerprint density at radius 1 is 1.23 bits per heavy atom. The molecular weight excluding hydrogens is 420 g/mol. The average Bonchev–Trinajstić information content (AvgIpc) is 3.38. The van der Waals surface area contributed by atoms with Crippen molar-refractivity contribution in [3.8, 4) is 6.07 Å². The van der Waals surface area contributed by atoms with Crippen LogP contribution in [0, 0.1) is 25.2 Å². The second-order valence-corrected chi connectivity index (χ2v) is 8.36. The van der Waals surface area contributed by atoms with Crippen LogP contribution in [0.15, 0.2) is 36.4 Å². The van der Waals surface area contributed by atoms with Crippen LogP contribution in [0.2, 0.25) is 5.02 Å². The maximum Gasteiger partial charge on any atom is 0.266 e. The number of nitrogens with one attached hydrogen (secondary N) is 1. The van der Waals surface area contributed by atoms with E-state index in [4.69, 9.17) is 16.9 Å². The molecule has 0 aliphatic rings. The van der Waals surface area contributed by atoms with Gasteiger partial charge in [0.1, 0.15) is 10.6 Å². The lowest BCUT2D eigenvalue weighted by Gasteiger charge is -2.06. The first-order valence-electron chi connectivity index (χ1n) is 9.39. The summed E-state index contributed by atoms with van der Waals surface area (Å²) in [5, 5.41) is 22.3. The van der Waals surface area contributed by atoms with Crippen molar-refractivity contribution in [2.75, 3.05) is 5.32 Å². The van der Waals surface area contributed by atoms with Crippen LogP contribution in [0.5, 0.6) is 0 Å². The predicted octanol–water partition coefficient (Wildman–Crippen LogP) is 4.78. The number of amides is 1. The molecule has 0 saturated heterocycles. The van der Waals surface area contributed by atoms with Gasteiger partial charge in [-0.05, 0) is 31.5 Å². The smallest absolute Gasteiger partial charge is 0.266 e. The molecule has 152 valence electrons. The molecule has 1 aromatic carbocycles. The van der Waals surface area contributed by atoms with Crippen LogP contribution in [0.4, 0.5) is 5.82 Å². The first-order valence-corrected chi connectivity index (χ1v) is 10.6. The van der Waals surface area contributed by atoms with Crippen LogP contribution < -0.4 is 5.32 Å². The fraction of sp³-hybridized carbons (Fsp3) is 0.238. The molecule has 0 aliphatic carbocycles. The normalized spacial score (nSPS) is 11.0. The molecule has 0 spiro atoms. The Kier molecular flexibility index (Phi) is 5.57. The summed E-state index contributed by atoms with van der Waals surface area (Å²) in [5.74, 6) is 0.373. The number of nitriles is 1. The van der Waals surface area contributed by atoms with Gasteiger partial charge in [0, 0.05) is 16.5 Å². The van der Waals surface area contributed by atoms with E-state index in [2.05, 4.69) is 21.6 Å². The molecule has 0 radical (unpaired) electrons. The van der Waals surface area contributed by atoms with E-state index in [1.807, 2.05) is 48.9 Å². The molecule has 3 aromatic heterocycles. The zero-order chi connectivity index (χ0) is 21.3. The number of anilines is 1. The highest BCUT2D eigenvalue weighted by atomic mass is 35.5. The summed E-state index contributed by atoms with van der Waals surface area (Å²) >= 11 is 7.69. The maximum atomic E-state index is 12.9. The number of carbonyl (C=O) groups is 1. The number of aromatic nitrogens is 4. The highest BCUT2D eigenvalue weighted by Gasteiger charge is 2.18. The summed E-state index contributed by atoms with van der Waals surface area (Å²) in [4.78, 5) is 14.4. The molecule has 0 bridgehead atoms. The minimum atomic E-state index is -0.210. The van der Waals surface area contributed by atoms with E-state index < -0.39 is 0 Å². The van der Waals surface area contributed by atoms with E-state index in [-0.39, 0.29) is 5.91 Å². The van der Waals surface area contributed by atoms with Crippen molar-refractivity contribution in [1.29, 1.82) is 5.26 Å². The molecule has 0 fully saturated rings. The third kappa shape index (κ3) is 3.95. The van der Waals surface area contributed by atoms with Gasteiger partial charge in [0.2, 0.25) is 0 Å². The lowest BCUT2D eigenvalue weighted by atomic mass is 10.2. The van der Waals surface area contributed by atoms with Gasteiger partial charge in [0.25, 0.3) is 5.91 Å². The number of rotatable bonds is 6. The summed E-state index contributed by atoms with van der Waals surface area (Å²) in [5.41, 5.74) is 2.62. The highest BCUT2D eigenvalue weighted by molar-refractivity contribution is 7.20. The second kappa shape index (κ2) is 8.30. The Labute approximate surface area is 182 Å². The summed E-state index contributed by atoms with van der Waals surface area (Å²) in [7, 11) is 0. The molecule has 0 aliphatic heterocycles. The second-order valence-electron chi connectivity index (χ2n) is 6.92. The van der Waals surface area contributed by atoms with E-state index in [0.29, 0.717) is 35.2 Å².